The fourth-order valence-corrected chi connectivity index (χ4v) is 2.05. The maximum Gasteiger partial charge on any atom is 0.310 e. The van der Waals surface area contributed by atoms with Gasteiger partial charge in [0.2, 0.25) is 0 Å². The van der Waals surface area contributed by atoms with Crippen LogP contribution in [0, 0.1) is 0 Å². The van der Waals surface area contributed by atoms with Crippen LogP contribution in [0.15, 0.2) is 29.1 Å². The summed E-state index contributed by atoms with van der Waals surface area (Å²) < 4.78 is 4.93. The Kier molecular flexibility index (Phi) is 4.00. The number of pyridine rings is 1. The summed E-state index contributed by atoms with van der Waals surface area (Å²) in [7, 11) is 0. The van der Waals surface area contributed by atoms with Gasteiger partial charge in [-0.25, -0.2) is 0 Å². The number of carbonyl (C=O) groups is 1. The van der Waals surface area contributed by atoms with Gasteiger partial charge in [-0.05, 0) is 42.5 Å². The van der Waals surface area contributed by atoms with E-state index in [1.54, 1.807) is 6.92 Å². The molecule has 0 atom stereocenters. The SMILES string of the molecule is CCOC(=O)Cc1ccc2[nH]c(=O)c(CC)cc2c1. The average Bonchev–Trinajstić information content (AvgIpc) is 2.38. The molecular weight excluding hydrogens is 242 g/mol. The summed E-state index contributed by atoms with van der Waals surface area (Å²) in [6.07, 6.45) is 0.942. The molecule has 0 aliphatic heterocycles. The van der Waals surface area contributed by atoms with Crippen molar-refractivity contribution in [1.82, 2.24) is 4.98 Å². The second kappa shape index (κ2) is 5.69. The van der Waals surface area contributed by atoms with E-state index in [4.69, 9.17) is 4.74 Å². The minimum Gasteiger partial charge on any atom is -0.466 e. The normalized spacial score (nSPS) is 10.6. The lowest BCUT2D eigenvalue weighted by Gasteiger charge is -2.05. The van der Waals surface area contributed by atoms with E-state index < -0.39 is 0 Å². The third-order valence-electron chi connectivity index (χ3n) is 3.02. The van der Waals surface area contributed by atoms with Crippen molar-refractivity contribution in [3.8, 4) is 0 Å². The third kappa shape index (κ3) is 3.02. The fraction of sp³-hybridized carbons (Fsp3) is 0.333. The number of aryl methyl sites for hydroxylation is 1. The highest BCUT2D eigenvalue weighted by Crippen LogP contribution is 2.14. The van der Waals surface area contributed by atoms with Crippen LogP contribution in [0.1, 0.15) is 25.0 Å². The fourth-order valence-electron chi connectivity index (χ4n) is 2.05. The molecule has 0 unspecified atom stereocenters. The number of fused-ring (bicyclic) bond motifs is 1. The van der Waals surface area contributed by atoms with E-state index in [-0.39, 0.29) is 17.9 Å². The first-order chi connectivity index (χ1) is 9.13. The van der Waals surface area contributed by atoms with Crippen molar-refractivity contribution in [2.75, 3.05) is 6.61 Å². The van der Waals surface area contributed by atoms with E-state index in [9.17, 15) is 9.59 Å². The second-order valence-electron chi connectivity index (χ2n) is 4.38. The molecule has 0 saturated carbocycles. The number of H-pyrrole nitrogens is 1. The van der Waals surface area contributed by atoms with Crippen LogP contribution < -0.4 is 5.56 Å². The molecular formula is C15H17NO3. The van der Waals surface area contributed by atoms with Gasteiger partial charge >= 0.3 is 5.97 Å². The molecule has 2 rings (SSSR count). The van der Waals surface area contributed by atoms with Gasteiger partial charge in [0.05, 0.1) is 13.0 Å². The number of nitrogens with one attached hydrogen (secondary N) is 1. The van der Waals surface area contributed by atoms with Crippen molar-refractivity contribution in [1.29, 1.82) is 0 Å². The number of hydrogen-bond acceptors (Lipinski definition) is 3. The average molecular weight is 259 g/mol. The lowest BCUT2D eigenvalue weighted by Crippen LogP contribution is -2.11. The summed E-state index contributed by atoms with van der Waals surface area (Å²) in [5.41, 5.74) is 2.38. The first-order valence-electron chi connectivity index (χ1n) is 6.44. The molecule has 0 bridgehead atoms. The molecule has 1 aromatic heterocycles. The van der Waals surface area contributed by atoms with Gasteiger partial charge < -0.3 is 9.72 Å². The minimum absolute atomic E-state index is 0.0480. The molecule has 100 valence electrons. The number of carbonyl (C=O) groups excluding carboxylic acids is 1. The zero-order chi connectivity index (χ0) is 13.8. The zero-order valence-corrected chi connectivity index (χ0v) is 11.2. The Morgan fingerprint density at radius 1 is 1.26 bits per heavy atom. The molecule has 4 heteroatoms. The highest BCUT2D eigenvalue weighted by molar-refractivity contribution is 5.81. The predicted molar refractivity (Wildman–Crippen MR) is 74.3 cm³/mol. The van der Waals surface area contributed by atoms with Crippen LogP contribution in [-0.2, 0) is 22.4 Å². The van der Waals surface area contributed by atoms with Crippen molar-refractivity contribution in [2.45, 2.75) is 26.7 Å². The standard InChI is InChI=1S/C15H17NO3/c1-3-11-9-12-7-10(8-14(17)19-4-2)5-6-13(12)16-15(11)18/h5-7,9H,3-4,8H2,1-2H3,(H,16,18). The Morgan fingerprint density at radius 2 is 2.05 bits per heavy atom. The molecule has 1 heterocycles. The van der Waals surface area contributed by atoms with E-state index >= 15 is 0 Å². The monoisotopic (exact) mass is 259 g/mol. The number of aromatic amines is 1. The minimum atomic E-state index is -0.234. The van der Waals surface area contributed by atoms with Crippen LogP contribution in [0.4, 0.5) is 0 Å². The molecule has 0 spiro atoms. The van der Waals surface area contributed by atoms with Gasteiger partial charge in [0.15, 0.2) is 0 Å². The van der Waals surface area contributed by atoms with Crippen LogP contribution in [0.25, 0.3) is 10.9 Å². The first-order valence-corrected chi connectivity index (χ1v) is 6.44. The van der Waals surface area contributed by atoms with Crippen LogP contribution in [0.5, 0.6) is 0 Å². The highest BCUT2D eigenvalue weighted by atomic mass is 16.5. The maximum atomic E-state index is 11.7. The van der Waals surface area contributed by atoms with Gasteiger partial charge in [0, 0.05) is 11.1 Å². The lowest BCUT2D eigenvalue weighted by molar-refractivity contribution is -0.142. The van der Waals surface area contributed by atoms with E-state index in [0.717, 1.165) is 22.0 Å². The summed E-state index contributed by atoms with van der Waals surface area (Å²) in [5, 5.41) is 0.943. The molecule has 19 heavy (non-hydrogen) atoms. The summed E-state index contributed by atoms with van der Waals surface area (Å²) in [4.78, 5) is 26.0. The van der Waals surface area contributed by atoms with Crippen molar-refractivity contribution >= 4 is 16.9 Å². The van der Waals surface area contributed by atoms with Crippen molar-refractivity contribution in [3.05, 3.63) is 45.7 Å². The van der Waals surface area contributed by atoms with Crippen LogP contribution >= 0.6 is 0 Å². The highest BCUT2D eigenvalue weighted by Gasteiger charge is 2.06. The molecule has 2 aromatic rings. The number of esters is 1. The Hall–Kier alpha value is -2.10. The Morgan fingerprint density at radius 3 is 2.74 bits per heavy atom. The van der Waals surface area contributed by atoms with Crippen molar-refractivity contribution in [3.63, 3.8) is 0 Å². The molecule has 1 N–H and O–H groups in total. The van der Waals surface area contributed by atoms with Crippen molar-refractivity contribution < 1.29 is 9.53 Å². The van der Waals surface area contributed by atoms with Gasteiger partial charge in [-0.1, -0.05) is 13.0 Å². The molecule has 0 aliphatic rings. The third-order valence-corrected chi connectivity index (χ3v) is 3.02. The van der Waals surface area contributed by atoms with Gasteiger partial charge in [-0.15, -0.1) is 0 Å². The maximum absolute atomic E-state index is 11.7. The number of benzene rings is 1. The largest absolute Gasteiger partial charge is 0.466 e. The van der Waals surface area contributed by atoms with Gasteiger partial charge in [0.25, 0.3) is 5.56 Å². The van der Waals surface area contributed by atoms with Gasteiger partial charge in [0.1, 0.15) is 0 Å². The smallest absolute Gasteiger partial charge is 0.310 e. The molecule has 1 aromatic carbocycles. The first kappa shape index (κ1) is 13.3. The van der Waals surface area contributed by atoms with E-state index in [0.29, 0.717) is 13.0 Å². The number of hydrogen-bond donors (Lipinski definition) is 1. The summed E-state index contributed by atoms with van der Waals surface area (Å²) >= 11 is 0. The van der Waals surface area contributed by atoms with Crippen LogP contribution in [0.2, 0.25) is 0 Å². The number of aromatic nitrogens is 1. The Labute approximate surface area is 111 Å². The Bertz CT molecular complexity index is 658. The van der Waals surface area contributed by atoms with Gasteiger partial charge in [-0.2, -0.15) is 0 Å². The molecule has 0 aliphatic carbocycles. The van der Waals surface area contributed by atoms with E-state index in [2.05, 4.69) is 4.98 Å². The van der Waals surface area contributed by atoms with Crippen LogP contribution in [0.3, 0.4) is 0 Å². The summed E-state index contributed by atoms with van der Waals surface area (Å²) in [6, 6.07) is 7.45. The van der Waals surface area contributed by atoms with E-state index in [1.807, 2.05) is 31.2 Å². The summed E-state index contributed by atoms with van der Waals surface area (Å²) in [6.45, 7) is 4.12. The van der Waals surface area contributed by atoms with E-state index in [1.165, 1.54) is 0 Å². The predicted octanol–water partition coefficient (Wildman–Crippen LogP) is 2.20. The zero-order valence-electron chi connectivity index (χ0n) is 11.2. The summed E-state index contributed by atoms with van der Waals surface area (Å²) in [5.74, 6) is -0.234. The Balaban J connectivity index is 2.36. The molecule has 4 nitrogen and oxygen atoms in total. The number of ether oxygens (including phenoxy) is 1. The molecule has 0 saturated heterocycles. The van der Waals surface area contributed by atoms with Gasteiger partial charge in [-0.3, -0.25) is 9.59 Å². The molecule has 0 fully saturated rings. The van der Waals surface area contributed by atoms with Crippen molar-refractivity contribution in [2.24, 2.45) is 0 Å². The van der Waals surface area contributed by atoms with Crippen LogP contribution in [-0.4, -0.2) is 17.6 Å². The molecule has 0 radical (unpaired) electrons. The lowest BCUT2D eigenvalue weighted by atomic mass is 10.1. The molecule has 0 amide bonds. The quantitative estimate of drug-likeness (QED) is 0.856. The topological polar surface area (TPSA) is 59.2 Å². The second-order valence-corrected chi connectivity index (χ2v) is 4.38. The number of rotatable bonds is 4.